The number of alkyl halides is 2. The SMILES string of the molecule is BrC1(Br)[C@@H]2OCCC[C@@H]21. The van der Waals surface area contributed by atoms with Crippen molar-refractivity contribution in [1.29, 1.82) is 0 Å². The Morgan fingerprint density at radius 1 is 1.44 bits per heavy atom. The molecule has 52 valence electrons. The summed E-state index contributed by atoms with van der Waals surface area (Å²) in [5.41, 5.74) is 0. The quantitative estimate of drug-likeness (QED) is 0.604. The number of fused-ring (bicyclic) bond motifs is 1. The van der Waals surface area contributed by atoms with Gasteiger partial charge >= 0.3 is 0 Å². The van der Waals surface area contributed by atoms with E-state index in [1.165, 1.54) is 12.8 Å². The van der Waals surface area contributed by atoms with E-state index in [4.69, 9.17) is 4.74 Å². The first-order valence-corrected chi connectivity index (χ1v) is 4.81. The highest BCUT2D eigenvalue weighted by molar-refractivity contribution is 9.25. The summed E-state index contributed by atoms with van der Waals surface area (Å²) in [6, 6.07) is 0. The van der Waals surface area contributed by atoms with Gasteiger partial charge in [0.2, 0.25) is 0 Å². The predicted octanol–water partition coefficient (Wildman–Crippen LogP) is 2.28. The molecule has 1 nitrogen and oxygen atoms in total. The van der Waals surface area contributed by atoms with Crippen LogP contribution in [0.3, 0.4) is 0 Å². The Hall–Kier alpha value is 0.920. The van der Waals surface area contributed by atoms with E-state index in [0.717, 1.165) is 12.5 Å². The maximum Gasteiger partial charge on any atom is 0.112 e. The van der Waals surface area contributed by atoms with Crippen LogP contribution in [0.2, 0.25) is 0 Å². The van der Waals surface area contributed by atoms with E-state index in [9.17, 15) is 0 Å². The number of hydrogen-bond donors (Lipinski definition) is 0. The van der Waals surface area contributed by atoms with Crippen molar-refractivity contribution in [2.75, 3.05) is 6.61 Å². The Morgan fingerprint density at radius 3 is 2.67 bits per heavy atom. The Bertz CT molecular complexity index is 121. The van der Waals surface area contributed by atoms with Crippen molar-refractivity contribution in [2.45, 2.75) is 22.2 Å². The van der Waals surface area contributed by atoms with Gasteiger partial charge in [0.1, 0.15) is 3.23 Å². The van der Waals surface area contributed by atoms with Gasteiger partial charge in [0.15, 0.2) is 0 Å². The van der Waals surface area contributed by atoms with Crippen LogP contribution in [-0.4, -0.2) is 15.9 Å². The molecule has 2 fully saturated rings. The maximum atomic E-state index is 5.47. The molecular formula is C6H8Br2O. The van der Waals surface area contributed by atoms with Crippen molar-refractivity contribution in [2.24, 2.45) is 5.92 Å². The molecule has 0 aromatic carbocycles. The molecule has 0 spiro atoms. The number of rotatable bonds is 0. The molecule has 2 atom stereocenters. The second-order valence-corrected chi connectivity index (χ2v) is 6.40. The lowest BCUT2D eigenvalue weighted by Gasteiger charge is -2.06. The van der Waals surface area contributed by atoms with Gasteiger partial charge in [0, 0.05) is 12.5 Å². The van der Waals surface area contributed by atoms with Gasteiger partial charge in [-0.15, -0.1) is 0 Å². The van der Waals surface area contributed by atoms with Crippen LogP contribution in [0.1, 0.15) is 12.8 Å². The maximum absolute atomic E-state index is 5.47. The zero-order valence-electron chi connectivity index (χ0n) is 4.94. The minimum absolute atomic E-state index is 0.149. The van der Waals surface area contributed by atoms with E-state index >= 15 is 0 Å². The average Bonchev–Trinajstić information content (AvgIpc) is 2.39. The highest BCUT2D eigenvalue weighted by Crippen LogP contribution is 2.61. The fraction of sp³-hybridized carbons (Fsp3) is 1.00. The smallest absolute Gasteiger partial charge is 0.112 e. The fourth-order valence-electron chi connectivity index (χ4n) is 1.44. The third-order valence-electron chi connectivity index (χ3n) is 2.09. The lowest BCUT2D eigenvalue weighted by Crippen LogP contribution is -2.06. The molecule has 0 N–H and O–H groups in total. The van der Waals surface area contributed by atoms with Gasteiger partial charge in [-0.2, -0.15) is 0 Å². The molecule has 0 unspecified atom stereocenters. The minimum Gasteiger partial charge on any atom is -0.375 e. The van der Waals surface area contributed by atoms with Crippen LogP contribution in [0.4, 0.5) is 0 Å². The molecule has 0 radical (unpaired) electrons. The predicted molar refractivity (Wildman–Crippen MR) is 43.0 cm³/mol. The number of halogens is 2. The summed E-state index contributed by atoms with van der Waals surface area (Å²) >= 11 is 7.14. The highest BCUT2D eigenvalue weighted by atomic mass is 79.9. The molecule has 1 saturated carbocycles. The molecule has 3 heteroatoms. The van der Waals surface area contributed by atoms with Crippen LogP contribution in [0.15, 0.2) is 0 Å². The molecule has 0 amide bonds. The molecule has 1 saturated heterocycles. The monoisotopic (exact) mass is 254 g/mol. The van der Waals surface area contributed by atoms with Gasteiger partial charge in [-0.3, -0.25) is 0 Å². The molecule has 1 heterocycles. The summed E-state index contributed by atoms with van der Waals surface area (Å²) in [7, 11) is 0. The van der Waals surface area contributed by atoms with E-state index < -0.39 is 0 Å². The van der Waals surface area contributed by atoms with Crippen molar-refractivity contribution in [3.63, 3.8) is 0 Å². The normalized spacial score (nSPS) is 46.0. The summed E-state index contributed by atoms with van der Waals surface area (Å²) in [5.74, 6) is 0.728. The van der Waals surface area contributed by atoms with E-state index in [1.807, 2.05) is 0 Å². The summed E-state index contributed by atoms with van der Waals surface area (Å²) in [5, 5.41) is 0. The van der Waals surface area contributed by atoms with E-state index in [0.29, 0.717) is 6.10 Å². The van der Waals surface area contributed by atoms with Crippen LogP contribution in [0.5, 0.6) is 0 Å². The Morgan fingerprint density at radius 2 is 2.22 bits per heavy atom. The molecule has 0 bridgehead atoms. The van der Waals surface area contributed by atoms with Crippen molar-refractivity contribution < 1.29 is 4.74 Å². The van der Waals surface area contributed by atoms with Crippen molar-refractivity contribution in [3.05, 3.63) is 0 Å². The lowest BCUT2D eigenvalue weighted by molar-refractivity contribution is 0.0798. The summed E-state index contributed by atoms with van der Waals surface area (Å²) in [6.45, 7) is 0.945. The first kappa shape index (κ1) is 6.62. The molecule has 0 aromatic heterocycles. The van der Waals surface area contributed by atoms with Crippen LogP contribution < -0.4 is 0 Å². The first-order valence-electron chi connectivity index (χ1n) is 3.22. The van der Waals surface area contributed by atoms with Gasteiger partial charge in [-0.25, -0.2) is 0 Å². The molecule has 1 aliphatic carbocycles. The van der Waals surface area contributed by atoms with Gasteiger partial charge in [-0.05, 0) is 12.8 Å². The Kier molecular flexibility index (Phi) is 1.44. The van der Waals surface area contributed by atoms with Crippen LogP contribution in [0, 0.1) is 5.92 Å². The lowest BCUT2D eigenvalue weighted by atomic mass is 10.2. The summed E-state index contributed by atoms with van der Waals surface area (Å²) < 4.78 is 5.62. The molecule has 0 aromatic rings. The number of hydrogen-bond acceptors (Lipinski definition) is 1. The average molecular weight is 256 g/mol. The van der Waals surface area contributed by atoms with E-state index in [1.54, 1.807) is 0 Å². The van der Waals surface area contributed by atoms with Crippen molar-refractivity contribution >= 4 is 31.9 Å². The fourth-order valence-corrected chi connectivity index (χ4v) is 3.02. The largest absolute Gasteiger partial charge is 0.375 e. The molecule has 9 heavy (non-hydrogen) atoms. The molecule has 2 rings (SSSR count). The summed E-state index contributed by atoms with van der Waals surface area (Å²) in [6.07, 6.45) is 2.98. The number of ether oxygens (including phenoxy) is 1. The zero-order chi connectivity index (χ0) is 6.48. The molecule has 2 aliphatic rings. The second kappa shape index (κ2) is 1.95. The third-order valence-corrected chi connectivity index (χ3v) is 4.17. The minimum atomic E-state index is 0.149. The van der Waals surface area contributed by atoms with Crippen molar-refractivity contribution in [3.8, 4) is 0 Å². The molecule has 1 aliphatic heterocycles. The van der Waals surface area contributed by atoms with Gasteiger partial charge in [0.05, 0.1) is 6.10 Å². The first-order chi connectivity index (χ1) is 4.23. The van der Waals surface area contributed by atoms with Gasteiger partial charge in [0.25, 0.3) is 0 Å². The summed E-state index contributed by atoms with van der Waals surface area (Å²) in [4.78, 5) is 0. The Balaban J connectivity index is 2.06. The van der Waals surface area contributed by atoms with Crippen LogP contribution in [0.25, 0.3) is 0 Å². The zero-order valence-corrected chi connectivity index (χ0v) is 8.11. The molecular weight excluding hydrogens is 248 g/mol. The Labute approximate surface area is 71.4 Å². The van der Waals surface area contributed by atoms with Crippen molar-refractivity contribution in [1.82, 2.24) is 0 Å². The van der Waals surface area contributed by atoms with E-state index in [2.05, 4.69) is 31.9 Å². The third kappa shape index (κ3) is 0.889. The van der Waals surface area contributed by atoms with Crippen LogP contribution in [-0.2, 0) is 4.74 Å². The van der Waals surface area contributed by atoms with Crippen LogP contribution >= 0.6 is 31.9 Å². The van der Waals surface area contributed by atoms with E-state index in [-0.39, 0.29) is 3.23 Å². The second-order valence-electron chi connectivity index (χ2n) is 2.71. The van der Waals surface area contributed by atoms with Gasteiger partial charge in [-0.1, -0.05) is 31.9 Å². The highest BCUT2D eigenvalue weighted by Gasteiger charge is 2.63. The topological polar surface area (TPSA) is 9.23 Å². The van der Waals surface area contributed by atoms with Gasteiger partial charge < -0.3 is 4.74 Å². The standard InChI is InChI=1S/C6H8Br2O/c7-6(8)4-2-1-3-9-5(4)6/h4-5H,1-3H2/t4-,5+/m0/s1.